The molecule has 1 aromatic heterocycles. The highest BCUT2D eigenvalue weighted by molar-refractivity contribution is 7.94. The van der Waals surface area contributed by atoms with Gasteiger partial charge in [-0.05, 0) is 30.7 Å². The van der Waals surface area contributed by atoms with Crippen molar-refractivity contribution in [1.82, 2.24) is 10.2 Å². The third kappa shape index (κ3) is 4.97. The van der Waals surface area contributed by atoms with Gasteiger partial charge in [0, 0.05) is 16.7 Å². The number of hydrogen-bond donors (Lipinski definition) is 2. The number of hydrogen-bond acceptors (Lipinski definition) is 7. The molecule has 33 heavy (non-hydrogen) atoms. The summed E-state index contributed by atoms with van der Waals surface area (Å²) < 4.78 is 27.9. The standard InChI is InChI=1S/C23H18N4O4S2/c1-15-9-5-6-12-17(15)21(29)24-22-25-26-23(32-22)33(30,31)27-19-14-8-7-13-18(19)20(28)16-10-3-2-4-11-16/h2-14,27H,1H3,(H,24,25,29). The van der Waals surface area contributed by atoms with Gasteiger partial charge in [0.25, 0.3) is 20.3 Å². The first kappa shape index (κ1) is 22.3. The van der Waals surface area contributed by atoms with Gasteiger partial charge in [-0.1, -0.05) is 72.0 Å². The van der Waals surface area contributed by atoms with E-state index >= 15 is 0 Å². The fourth-order valence-corrected chi connectivity index (χ4v) is 5.04. The SMILES string of the molecule is Cc1ccccc1C(=O)Nc1nnc(S(=O)(=O)Nc2ccccc2C(=O)c2ccccc2)s1. The molecule has 0 fully saturated rings. The van der Waals surface area contributed by atoms with Crippen LogP contribution in [0, 0.1) is 6.92 Å². The van der Waals surface area contributed by atoms with Crippen molar-refractivity contribution < 1.29 is 18.0 Å². The summed E-state index contributed by atoms with van der Waals surface area (Å²) in [4.78, 5) is 25.3. The summed E-state index contributed by atoms with van der Waals surface area (Å²) in [6, 6.07) is 21.9. The third-order valence-corrected chi connectivity index (χ3v) is 7.27. The van der Waals surface area contributed by atoms with Gasteiger partial charge in [0.15, 0.2) is 5.78 Å². The molecule has 10 heteroatoms. The van der Waals surface area contributed by atoms with Gasteiger partial charge >= 0.3 is 0 Å². The van der Waals surface area contributed by atoms with Crippen molar-refractivity contribution in [3.8, 4) is 0 Å². The number of anilines is 2. The second-order valence-corrected chi connectivity index (χ2v) is 9.82. The van der Waals surface area contributed by atoms with E-state index in [1.165, 1.54) is 6.07 Å². The van der Waals surface area contributed by atoms with Gasteiger partial charge in [0.2, 0.25) is 5.13 Å². The minimum Gasteiger partial charge on any atom is -0.296 e. The van der Waals surface area contributed by atoms with Crippen LogP contribution in [0.5, 0.6) is 0 Å². The Hall–Kier alpha value is -3.89. The zero-order valence-electron chi connectivity index (χ0n) is 17.3. The molecule has 0 atom stereocenters. The molecule has 1 heterocycles. The largest absolute Gasteiger partial charge is 0.296 e. The molecule has 1 amide bonds. The molecule has 0 saturated carbocycles. The summed E-state index contributed by atoms with van der Waals surface area (Å²) in [7, 11) is -4.15. The first-order chi connectivity index (χ1) is 15.8. The number of aryl methyl sites for hydroxylation is 1. The fraction of sp³-hybridized carbons (Fsp3) is 0.0435. The predicted molar refractivity (Wildman–Crippen MR) is 126 cm³/mol. The van der Waals surface area contributed by atoms with E-state index in [9.17, 15) is 18.0 Å². The van der Waals surface area contributed by atoms with Gasteiger partial charge in [-0.15, -0.1) is 10.2 Å². The lowest BCUT2D eigenvalue weighted by molar-refractivity contribution is 0.102. The zero-order valence-corrected chi connectivity index (χ0v) is 19.0. The summed E-state index contributed by atoms with van der Waals surface area (Å²) in [5.74, 6) is -0.739. The Bertz CT molecular complexity index is 1430. The number of nitrogens with zero attached hydrogens (tertiary/aromatic N) is 2. The Morgan fingerprint density at radius 2 is 1.45 bits per heavy atom. The number of carbonyl (C=O) groups is 2. The Balaban J connectivity index is 1.55. The first-order valence-corrected chi connectivity index (χ1v) is 12.1. The topological polar surface area (TPSA) is 118 Å². The number of ketones is 1. The van der Waals surface area contributed by atoms with Gasteiger partial charge < -0.3 is 0 Å². The minimum absolute atomic E-state index is 0.0391. The molecule has 0 unspecified atom stereocenters. The van der Waals surface area contributed by atoms with Gasteiger partial charge in [0.05, 0.1) is 5.69 Å². The van der Waals surface area contributed by atoms with Gasteiger partial charge in [0.1, 0.15) is 0 Å². The van der Waals surface area contributed by atoms with Crippen LogP contribution in [0.25, 0.3) is 0 Å². The summed E-state index contributed by atoms with van der Waals surface area (Å²) in [5, 5.41) is 10.1. The Kier molecular flexibility index (Phi) is 6.29. The summed E-state index contributed by atoms with van der Waals surface area (Å²) in [6.07, 6.45) is 0. The van der Waals surface area contributed by atoms with E-state index in [1.54, 1.807) is 73.7 Å². The molecule has 0 radical (unpaired) electrons. The lowest BCUT2D eigenvalue weighted by Gasteiger charge is -2.10. The van der Waals surface area contributed by atoms with Crippen molar-refractivity contribution in [1.29, 1.82) is 0 Å². The summed E-state index contributed by atoms with van der Waals surface area (Å²) in [6.45, 7) is 1.79. The number of carbonyl (C=O) groups excluding carboxylic acids is 2. The number of para-hydroxylation sites is 1. The van der Waals surface area contributed by atoms with Crippen LogP contribution in [0.4, 0.5) is 10.8 Å². The van der Waals surface area contributed by atoms with Crippen LogP contribution in [0.15, 0.2) is 83.2 Å². The molecule has 8 nitrogen and oxygen atoms in total. The molecular formula is C23H18N4O4S2. The van der Waals surface area contributed by atoms with Crippen molar-refractivity contribution in [2.24, 2.45) is 0 Å². The van der Waals surface area contributed by atoms with E-state index in [-0.39, 0.29) is 26.5 Å². The molecule has 0 spiro atoms. The molecule has 0 bridgehead atoms. The molecule has 4 aromatic rings. The third-order valence-electron chi connectivity index (χ3n) is 4.70. The molecule has 4 rings (SSSR count). The predicted octanol–water partition coefficient (Wildman–Crippen LogP) is 4.13. The summed E-state index contributed by atoms with van der Waals surface area (Å²) >= 11 is 0.709. The van der Waals surface area contributed by atoms with E-state index < -0.39 is 15.9 Å². The van der Waals surface area contributed by atoms with Crippen LogP contribution >= 0.6 is 11.3 Å². The molecular weight excluding hydrogens is 460 g/mol. The van der Waals surface area contributed by atoms with E-state index in [0.29, 0.717) is 22.5 Å². The minimum atomic E-state index is -4.15. The fourth-order valence-electron chi connectivity index (χ4n) is 3.06. The highest BCUT2D eigenvalue weighted by Gasteiger charge is 2.24. The molecule has 2 N–H and O–H groups in total. The monoisotopic (exact) mass is 478 g/mol. The molecule has 0 aliphatic rings. The van der Waals surface area contributed by atoms with Crippen LogP contribution in [-0.2, 0) is 10.0 Å². The number of sulfonamides is 1. The second-order valence-electron chi connectivity index (χ2n) is 6.99. The molecule has 0 aliphatic heterocycles. The van der Waals surface area contributed by atoms with Crippen LogP contribution in [-0.4, -0.2) is 30.3 Å². The first-order valence-electron chi connectivity index (χ1n) is 9.77. The van der Waals surface area contributed by atoms with Crippen LogP contribution in [0.2, 0.25) is 0 Å². The van der Waals surface area contributed by atoms with E-state index in [4.69, 9.17) is 0 Å². The molecule has 3 aromatic carbocycles. The molecule has 0 aliphatic carbocycles. The van der Waals surface area contributed by atoms with Crippen molar-refractivity contribution >= 4 is 43.9 Å². The smallest absolute Gasteiger partial charge is 0.291 e. The average molecular weight is 479 g/mol. The highest BCUT2D eigenvalue weighted by Crippen LogP contribution is 2.26. The number of rotatable bonds is 7. The summed E-state index contributed by atoms with van der Waals surface area (Å²) in [5.41, 5.74) is 1.97. The Morgan fingerprint density at radius 1 is 0.818 bits per heavy atom. The number of nitrogens with one attached hydrogen (secondary N) is 2. The lowest BCUT2D eigenvalue weighted by atomic mass is 10.0. The van der Waals surface area contributed by atoms with Crippen LogP contribution in [0.3, 0.4) is 0 Å². The van der Waals surface area contributed by atoms with Gasteiger partial charge in [-0.3, -0.25) is 19.6 Å². The Labute approximate surface area is 194 Å². The van der Waals surface area contributed by atoms with Crippen molar-refractivity contribution in [2.45, 2.75) is 11.3 Å². The zero-order chi connectivity index (χ0) is 23.4. The lowest BCUT2D eigenvalue weighted by Crippen LogP contribution is -2.15. The van der Waals surface area contributed by atoms with Gasteiger partial charge in [-0.25, -0.2) is 0 Å². The van der Waals surface area contributed by atoms with E-state index in [1.807, 2.05) is 6.07 Å². The van der Waals surface area contributed by atoms with Crippen molar-refractivity contribution in [3.63, 3.8) is 0 Å². The quantitative estimate of drug-likeness (QED) is 0.305. The van der Waals surface area contributed by atoms with Crippen LogP contribution in [0.1, 0.15) is 31.8 Å². The molecule has 0 saturated heterocycles. The van der Waals surface area contributed by atoms with Gasteiger partial charge in [-0.2, -0.15) is 8.42 Å². The van der Waals surface area contributed by atoms with E-state index in [2.05, 4.69) is 20.2 Å². The maximum atomic E-state index is 12.9. The molecule has 166 valence electrons. The maximum Gasteiger partial charge on any atom is 0.291 e. The van der Waals surface area contributed by atoms with E-state index in [0.717, 1.165) is 5.56 Å². The van der Waals surface area contributed by atoms with Crippen molar-refractivity contribution in [2.75, 3.05) is 10.0 Å². The second kappa shape index (κ2) is 9.31. The normalized spacial score (nSPS) is 11.1. The number of aromatic nitrogens is 2. The number of benzene rings is 3. The number of amides is 1. The Morgan fingerprint density at radius 3 is 2.18 bits per heavy atom. The highest BCUT2D eigenvalue weighted by atomic mass is 32.2. The van der Waals surface area contributed by atoms with Crippen molar-refractivity contribution in [3.05, 3.63) is 101 Å². The average Bonchev–Trinajstić information content (AvgIpc) is 3.29. The van der Waals surface area contributed by atoms with Crippen LogP contribution < -0.4 is 10.0 Å². The maximum absolute atomic E-state index is 12.9.